The van der Waals surface area contributed by atoms with Gasteiger partial charge in [-0.2, -0.15) is 0 Å². The topological polar surface area (TPSA) is 102 Å². The van der Waals surface area contributed by atoms with Crippen molar-refractivity contribution in [3.63, 3.8) is 0 Å². The van der Waals surface area contributed by atoms with E-state index < -0.39 is 18.1 Å². The Hall–Kier alpha value is -2.08. The number of nitrogens with one attached hydrogen (secondary N) is 1. The van der Waals surface area contributed by atoms with Crippen molar-refractivity contribution in [2.75, 3.05) is 6.54 Å². The minimum Gasteiger partial charge on any atom is -0.480 e. The smallest absolute Gasteiger partial charge is 0.408 e. The number of ether oxygens (including phenoxy) is 1. The van der Waals surface area contributed by atoms with E-state index in [0.29, 0.717) is 19.4 Å². The zero-order valence-electron chi connectivity index (χ0n) is 11.2. The normalized spacial score (nSPS) is 11.7. The lowest BCUT2D eigenvalue weighted by Gasteiger charge is -2.14. The number of carbonyl (C=O) groups is 2. The van der Waals surface area contributed by atoms with Gasteiger partial charge in [-0.15, -0.1) is 0 Å². The average molecular weight is 280 g/mol. The summed E-state index contributed by atoms with van der Waals surface area (Å²) in [5.41, 5.74) is 6.19. The molecule has 0 saturated heterocycles. The highest BCUT2D eigenvalue weighted by Crippen LogP contribution is 2.03. The standard InChI is InChI=1S/C14H20N2O4/c15-9-5-4-8-12(13(17)18)16-14(19)20-10-11-6-2-1-3-7-11/h1-3,6-7,12H,4-5,8-10,15H2,(H,16,19)(H,17,18)/t12-/m1/s1. The number of carbonyl (C=O) groups excluding carboxylic acids is 1. The van der Waals surface area contributed by atoms with Gasteiger partial charge in [-0.3, -0.25) is 0 Å². The van der Waals surface area contributed by atoms with Gasteiger partial charge >= 0.3 is 12.1 Å². The Morgan fingerprint density at radius 1 is 1.25 bits per heavy atom. The van der Waals surface area contributed by atoms with Crippen LogP contribution in [0.4, 0.5) is 4.79 Å². The SMILES string of the molecule is NCCCC[C@@H](NC(=O)OCc1ccccc1)C(=O)O. The molecule has 1 aromatic rings. The molecule has 0 aliphatic rings. The van der Waals surface area contributed by atoms with Crippen molar-refractivity contribution < 1.29 is 19.4 Å². The molecule has 1 amide bonds. The number of unbranched alkanes of at least 4 members (excludes halogenated alkanes) is 1. The van der Waals surface area contributed by atoms with E-state index in [9.17, 15) is 9.59 Å². The molecule has 0 unspecified atom stereocenters. The predicted molar refractivity (Wildman–Crippen MR) is 74.1 cm³/mol. The molecule has 1 aromatic carbocycles. The lowest BCUT2D eigenvalue weighted by molar-refractivity contribution is -0.139. The van der Waals surface area contributed by atoms with Gasteiger partial charge in [0.05, 0.1) is 0 Å². The van der Waals surface area contributed by atoms with Crippen LogP contribution in [0, 0.1) is 0 Å². The number of hydrogen-bond acceptors (Lipinski definition) is 4. The summed E-state index contributed by atoms with van der Waals surface area (Å²) in [7, 11) is 0. The van der Waals surface area contributed by atoms with Gasteiger partial charge in [0, 0.05) is 0 Å². The first-order valence-corrected chi connectivity index (χ1v) is 6.53. The average Bonchev–Trinajstić information content (AvgIpc) is 2.45. The van der Waals surface area contributed by atoms with Crippen LogP contribution in [0.2, 0.25) is 0 Å². The number of alkyl carbamates (subject to hydrolysis) is 1. The van der Waals surface area contributed by atoms with Crippen LogP contribution in [0.25, 0.3) is 0 Å². The molecular weight excluding hydrogens is 260 g/mol. The zero-order valence-corrected chi connectivity index (χ0v) is 11.2. The van der Waals surface area contributed by atoms with E-state index in [2.05, 4.69) is 5.32 Å². The molecule has 0 aromatic heterocycles. The van der Waals surface area contributed by atoms with E-state index >= 15 is 0 Å². The van der Waals surface area contributed by atoms with Crippen LogP contribution in [0.3, 0.4) is 0 Å². The van der Waals surface area contributed by atoms with Crippen molar-refractivity contribution in [1.82, 2.24) is 5.32 Å². The lowest BCUT2D eigenvalue weighted by Crippen LogP contribution is -2.41. The summed E-state index contributed by atoms with van der Waals surface area (Å²) < 4.78 is 4.98. The molecule has 1 atom stereocenters. The number of hydrogen-bond donors (Lipinski definition) is 3. The first-order valence-electron chi connectivity index (χ1n) is 6.53. The van der Waals surface area contributed by atoms with Crippen LogP contribution in [-0.2, 0) is 16.1 Å². The number of carboxylic acid groups (broad SMARTS) is 1. The molecule has 6 heteroatoms. The first-order chi connectivity index (χ1) is 9.63. The van der Waals surface area contributed by atoms with Gasteiger partial charge < -0.3 is 20.9 Å². The van der Waals surface area contributed by atoms with Crippen molar-refractivity contribution in [1.29, 1.82) is 0 Å². The highest BCUT2D eigenvalue weighted by molar-refractivity contribution is 5.79. The fourth-order valence-corrected chi connectivity index (χ4v) is 1.66. The predicted octanol–water partition coefficient (Wildman–Crippen LogP) is 1.49. The second-order valence-corrected chi connectivity index (χ2v) is 4.38. The fraction of sp³-hybridized carbons (Fsp3) is 0.429. The fourth-order valence-electron chi connectivity index (χ4n) is 1.66. The largest absolute Gasteiger partial charge is 0.480 e. The minimum absolute atomic E-state index is 0.113. The minimum atomic E-state index is -1.07. The van der Waals surface area contributed by atoms with Crippen LogP contribution in [0.5, 0.6) is 0 Å². The second-order valence-electron chi connectivity index (χ2n) is 4.38. The zero-order chi connectivity index (χ0) is 14.8. The van der Waals surface area contributed by atoms with Crippen LogP contribution in [0.15, 0.2) is 30.3 Å². The van der Waals surface area contributed by atoms with E-state index in [1.54, 1.807) is 0 Å². The number of amides is 1. The highest BCUT2D eigenvalue weighted by Gasteiger charge is 2.19. The van der Waals surface area contributed by atoms with Crippen molar-refractivity contribution in [3.8, 4) is 0 Å². The van der Waals surface area contributed by atoms with Gasteiger partial charge in [0.1, 0.15) is 12.6 Å². The molecule has 0 aliphatic carbocycles. The summed E-state index contributed by atoms with van der Waals surface area (Å²) in [4.78, 5) is 22.5. The number of rotatable bonds is 8. The molecule has 0 aliphatic heterocycles. The highest BCUT2D eigenvalue weighted by atomic mass is 16.5. The van der Waals surface area contributed by atoms with Crippen molar-refractivity contribution in [2.24, 2.45) is 5.73 Å². The van der Waals surface area contributed by atoms with Gasteiger partial charge in [0.2, 0.25) is 0 Å². The van der Waals surface area contributed by atoms with Crippen LogP contribution >= 0.6 is 0 Å². The molecule has 0 fully saturated rings. The number of nitrogens with two attached hydrogens (primary N) is 1. The van der Waals surface area contributed by atoms with Gasteiger partial charge in [-0.1, -0.05) is 30.3 Å². The van der Waals surface area contributed by atoms with E-state index in [-0.39, 0.29) is 6.61 Å². The van der Waals surface area contributed by atoms with E-state index in [0.717, 1.165) is 12.0 Å². The number of aliphatic carboxylic acids is 1. The first kappa shape index (κ1) is 16.0. The summed E-state index contributed by atoms with van der Waals surface area (Å²) in [6.07, 6.45) is 0.984. The number of benzene rings is 1. The van der Waals surface area contributed by atoms with Gasteiger partial charge in [-0.25, -0.2) is 9.59 Å². The molecule has 0 radical (unpaired) electrons. The Labute approximate surface area is 117 Å². The molecule has 0 saturated carbocycles. The lowest BCUT2D eigenvalue weighted by atomic mass is 10.1. The third-order valence-electron chi connectivity index (χ3n) is 2.75. The van der Waals surface area contributed by atoms with Gasteiger partial charge in [0.25, 0.3) is 0 Å². The Morgan fingerprint density at radius 2 is 1.95 bits per heavy atom. The Bertz CT molecular complexity index is 422. The van der Waals surface area contributed by atoms with Crippen LogP contribution in [-0.4, -0.2) is 29.8 Å². The maximum absolute atomic E-state index is 11.5. The van der Waals surface area contributed by atoms with Crippen LogP contribution in [0.1, 0.15) is 24.8 Å². The molecule has 0 heterocycles. The van der Waals surface area contributed by atoms with Gasteiger partial charge in [0.15, 0.2) is 0 Å². The van der Waals surface area contributed by atoms with Gasteiger partial charge in [-0.05, 0) is 31.4 Å². The molecule has 1 rings (SSSR count). The third-order valence-corrected chi connectivity index (χ3v) is 2.75. The number of carboxylic acids is 1. The summed E-state index contributed by atoms with van der Waals surface area (Å²) >= 11 is 0. The molecule has 0 bridgehead atoms. The van der Waals surface area contributed by atoms with E-state index in [4.69, 9.17) is 15.6 Å². The summed E-state index contributed by atoms with van der Waals surface area (Å²) in [6, 6.07) is 8.24. The summed E-state index contributed by atoms with van der Waals surface area (Å²) in [6.45, 7) is 0.618. The second kappa shape index (κ2) is 8.92. The summed E-state index contributed by atoms with van der Waals surface area (Å²) in [5, 5.41) is 11.3. The molecule has 0 spiro atoms. The van der Waals surface area contributed by atoms with Crippen molar-refractivity contribution in [3.05, 3.63) is 35.9 Å². The Balaban J connectivity index is 2.36. The molecule has 6 nitrogen and oxygen atoms in total. The molecular formula is C14H20N2O4. The Kier molecular flexibility index (Phi) is 7.13. The maximum Gasteiger partial charge on any atom is 0.408 e. The molecule has 110 valence electrons. The monoisotopic (exact) mass is 280 g/mol. The third kappa shape index (κ3) is 6.19. The Morgan fingerprint density at radius 3 is 2.55 bits per heavy atom. The van der Waals surface area contributed by atoms with E-state index in [1.807, 2.05) is 30.3 Å². The molecule has 20 heavy (non-hydrogen) atoms. The van der Waals surface area contributed by atoms with Crippen LogP contribution < -0.4 is 11.1 Å². The summed E-state index contributed by atoms with van der Waals surface area (Å²) in [5.74, 6) is -1.07. The maximum atomic E-state index is 11.5. The van der Waals surface area contributed by atoms with E-state index in [1.165, 1.54) is 0 Å². The van der Waals surface area contributed by atoms with Crippen molar-refractivity contribution in [2.45, 2.75) is 31.9 Å². The quantitative estimate of drug-likeness (QED) is 0.626. The van der Waals surface area contributed by atoms with Crippen molar-refractivity contribution >= 4 is 12.1 Å². The molecule has 4 N–H and O–H groups in total.